The number of rotatable bonds is 6. The molecule has 3 nitrogen and oxygen atoms in total. The van der Waals surface area contributed by atoms with E-state index in [1.165, 1.54) is 20.9 Å². The van der Waals surface area contributed by atoms with Crippen LogP contribution >= 0.6 is 0 Å². The number of phenols is 1. The first-order valence-electron chi connectivity index (χ1n) is 17.4. The van der Waals surface area contributed by atoms with Crippen LogP contribution in [0, 0.1) is 6.07 Å². The van der Waals surface area contributed by atoms with Crippen molar-refractivity contribution in [3.05, 3.63) is 144 Å². The summed E-state index contributed by atoms with van der Waals surface area (Å²) < 4.78 is 4.07. The van der Waals surface area contributed by atoms with E-state index in [-0.39, 0.29) is 37.3 Å². The van der Waals surface area contributed by atoms with Gasteiger partial charge in [-0.15, -0.1) is 0 Å². The topological polar surface area (TPSA) is 46.0 Å². The summed E-state index contributed by atoms with van der Waals surface area (Å²) >= 11 is -2.86. The maximum Gasteiger partial charge on any atom is 0 e. The first-order valence-corrected chi connectivity index (χ1v) is 22.6. The molecule has 1 N–H and O–H groups in total. The Kier molecular flexibility index (Phi) is 11.6. The third kappa shape index (κ3) is 8.79. The number of hydrogen-bond acceptors (Lipinski definition) is 3. The van der Waals surface area contributed by atoms with Gasteiger partial charge in [-0.2, -0.15) is 0 Å². The predicted molar refractivity (Wildman–Crippen MR) is 212 cm³/mol. The average Bonchev–Trinajstić information content (AvgIpc) is 3.08. The molecule has 0 fully saturated rings. The molecule has 0 saturated heterocycles. The first kappa shape index (κ1) is 38.8. The number of phenolic OH excluding ortho intramolecular Hbond substituents is 1. The molecule has 0 amide bonds. The second-order valence-electron chi connectivity index (χ2n) is 16.2. The van der Waals surface area contributed by atoms with E-state index in [1.54, 1.807) is 0 Å². The summed E-state index contributed by atoms with van der Waals surface area (Å²) in [5, 5.41) is 12.0. The van der Waals surface area contributed by atoms with Crippen molar-refractivity contribution in [3.8, 4) is 39.5 Å². The first-order chi connectivity index (χ1) is 23.6. The number of aromatic nitrogens is 2. The molecule has 2 heterocycles. The van der Waals surface area contributed by atoms with Crippen molar-refractivity contribution in [2.45, 2.75) is 78.6 Å². The summed E-state index contributed by atoms with van der Waals surface area (Å²) in [4.78, 5) is 10.1. The molecule has 6 aromatic rings. The molecule has 0 unspecified atom stereocenters. The maximum absolute atomic E-state index is 12.0. The number of aromatic hydroxyl groups is 1. The molecular formula is C46H48BiN2OPt-. The molecular weight excluding hydrogens is 1000 g/mol. The Morgan fingerprint density at radius 3 is 1.63 bits per heavy atom. The standard InChI is InChI=1S/C34H38N2O.2C6H5.Bi.Pt/c1-32(2,3)24-16-17-35-30(21-24)23-13-10-12-22(18-23)28-14-11-15-29(36-28)26-19-25(33(4,5)6)20-27(31(26)37)34(7,8)9;2*1-2-4-6-5-3-1;;/h10,12-17,19-21,37H,1-9H3;2*1-5H;;/q-1;;;;. The molecule has 0 radical (unpaired) electrons. The summed E-state index contributed by atoms with van der Waals surface area (Å²) in [5.41, 5.74) is 8.09. The van der Waals surface area contributed by atoms with Gasteiger partial charge in [0.1, 0.15) is 0 Å². The van der Waals surface area contributed by atoms with Gasteiger partial charge in [-0.25, -0.2) is 0 Å². The molecule has 0 aliphatic heterocycles. The largest absolute Gasteiger partial charge is 0 e. The Labute approximate surface area is 327 Å². The average molecular weight is 1050 g/mol. The van der Waals surface area contributed by atoms with Gasteiger partial charge in [-0.3, -0.25) is 0 Å². The Bertz CT molecular complexity index is 2090. The molecule has 0 bridgehead atoms. The van der Waals surface area contributed by atoms with Crippen molar-refractivity contribution in [1.82, 2.24) is 9.97 Å². The van der Waals surface area contributed by atoms with Crippen LogP contribution < -0.4 is 9.81 Å². The third-order valence-corrected chi connectivity index (χ3v) is 18.5. The molecule has 4 aromatic carbocycles. The zero-order valence-electron chi connectivity index (χ0n) is 31.2. The Balaban J connectivity index is 0.00000504. The number of benzene rings is 4. The summed E-state index contributed by atoms with van der Waals surface area (Å²) in [5.74, 6) is 0.299. The fraction of sp³-hybridized carbons (Fsp3) is 0.261. The van der Waals surface area contributed by atoms with E-state index in [1.807, 2.05) is 6.20 Å². The van der Waals surface area contributed by atoms with Crippen molar-refractivity contribution in [2.75, 3.05) is 0 Å². The number of hydrogen-bond donors (Lipinski definition) is 1. The van der Waals surface area contributed by atoms with Crippen LogP contribution in [0.1, 0.15) is 79.0 Å². The zero-order chi connectivity index (χ0) is 35.8. The van der Waals surface area contributed by atoms with Crippen LogP contribution in [0.4, 0.5) is 0 Å². The van der Waals surface area contributed by atoms with Gasteiger partial charge in [-0.1, -0.05) is 0 Å². The SMILES string of the molecule is CC(C)(C)c1ccnc(-c2[c-]c(-c3c[c]([Bi]([c]4ccccc4)[c]4ccccc4)cc(-c4cc(C(C)(C)C)cc(C(C)(C)C)c4O)n3)ccc2)c1.[Pt]. The van der Waals surface area contributed by atoms with Crippen LogP contribution in [-0.2, 0) is 37.3 Å². The minimum absolute atomic E-state index is 0. The molecule has 5 heteroatoms. The van der Waals surface area contributed by atoms with Crippen molar-refractivity contribution >= 4 is 31.6 Å². The van der Waals surface area contributed by atoms with E-state index >= 15 is 0 Å². The van der Waals surface area contributed by atoms with Gasteiger partial charge in [0, 0.05) is 21.1 Å². The molecule has 6 rings (SSSR count). The fourth-order valence-corrected chi connectivity index (χ4v) is 15.3. The molecule has 0 spiro atoms. The zero-order valence-corrected chi connectivity index (χ0v) is 36.9. The predicted octanol–water partition coefficient (Wildman–Crippen LogP) is 9.39. The number of pyridine rings is 2. The molecule has 2 aromatic heterocycles. The maximum atomic E-state index is 12.0. The van der Waals surface area contributed by atoms with Crippen LogP contribution in [0.3, 0.4) is 0 Å². The molecule has 264 valence electrons. The van der Waals surface area contributed by atoms with Crippen molar-refractivity contribution in [2.24, 2.45) is 0 Å². The van der Waals surface area contributed by atoms with E-state index in [2.05, 4.69) is 184 Å². The van der Waals surface area contributed by atoms with Gasteiger partial charge in [0.15, 0.2) is 0 Å². The smallest absolute Gasteiger partial charge is 0 e. The number of nitrogens with zero attached hydrogens (tertiary/aromatic N) is 2. The Morgan fingerprint density at radius 1 is 0.529 bits per heavy atom. The molecule has 0 aliphatic rings. The summed E-state index contributed by atoms with van der Waals surface area (Å²) in [6.45, 7) is 19.8. The van der Waals surface area contributed by atoms with Crippen molar-refractivity contribution in [3.63, 3.8) is 0 Å². The van der Waals surface area contributed by atoms with Crippen molar-refractivity contribution in [1.29, 1.82) is 0 Å². The van der Waals surface area contributed by atoms with Crippen molar-refractivity contribution < 1.29 is 26.2 Å². The second kappa shape index (κ2) is 15.3. The van der Waals surface area contributed by atoms with Gasteiger partial charge < -0.3 is 0 Å². The van der Waals surface area contributed by atoms with Crippen LogP contribution in [0.5, 0.6) is 5.75 Å². The fourth-order valence-electron chi connectivity index (χ4n) is 6.17. The summed E-state index contributed by atoms with van der Waals surface area (Å²) in [6.07, 6.45) is 1.89. The Morgan fingerprint density at radius 2 is 1.08 bits per heavy atom. The Hall–Kier alpha value is -3.45. The molecule has 51 heavy (non-hydrogen) atoms. The van der Waals surface area contributed by atoms with Crippen LogP contribution in [0.2, 0.25) is 0 Å². The van der Waals surface area contributed by atoms with E-state index in [4.69, 9.17) is 9.97 Å². The molecule has 0 aliphatic carbocycles. The summed E-state index contributed by atoms with van der Waals surface area (Å²) in [7, 11) is 0. The normalized spacial score (nSPS) is 12.1. The van der Waals surface area contributed by atoms with Gasteiger partial charge >= 0.3 is 309 Å². The van der Waals surface area contributed by atoms with Crippen LogP contribution in [-0.4, -0.2) is 36.8 Å². The van der Waals surface area contributed by atoms with E-state index < -0.39 is 21.8 Å². The van der Waals surface area contributed by atoms with E-state index in [0.29, 0.717) is 5.75 Å². The molecule has 0 saturated carbocycles. The third-order valence-electron chi connectivity index (χ3n) is 9.13. The van der Waals surface area contributed by atoms with E-state index in [9.17, 15) is 5.11 Å². The van der Waals surface area contributed by atoms with Gasteiger partial charge in [0.05, 0.1) is 0 Å². The van der Waals surface area contributed by atoms with Gasteiger partial charge in [0.2, 0.25) is 0 Å². The molecule has 0 atom stereocenters. The minimum Gasteiger partial charge on any atom is 0 e. The van der Waals surface area contributed by atoms with E-state index in [0.717, 1.165) is 39.3 Å². The van der Waals surface area contributed by atoms with Gasteiger partial charge in [0.25, 0.3) is 0 Å². The van der Waals surface area contributed by atoms with Crippen LogP contribution in [0.25, 0.3) is 33.8 Å². The van der Waals surface area contributed by atoms with Gasteiger partial charge in [-0.05, 0) is 0 Å². The van der Waals surface area contributed by atoms with Crippen LogP contribution in [0.15, 0.2) is 121 Å². The summed E-state index contributed by atoms with van der Waals surface area (Å²) in [6, 6.07) is 45.0. The minimum atomic E-state index is -2.86. The second-order valence-corrected chi connectivity index (χ2v) is 24.8. The quantitative estimate of drug-likeness (QED) is 0.134. The monoisotopic (exact) mass is 1050 g/mol.